The third kappa shape index (κ3) is 5.32. The monoisotopic (exact) mass is 539 g/mol. The average Bonchev–Trinajstić information content (AvgIpc) is 3.43. The van der Waals surface area contributed by atoms with E-state index < -0.39 is 5.97 Å². The van der Waals surface area contributed by atoms with Gasteiger partial charge in [0, 0.05) is 5.39 Å². The lowest BCUT2D eigenvalue weighted by Gasteiger charge is -2.17. The van der Waals surface area contributed by atoms with Crippen LogP contribution < -0.4 is 5.32 Å². The van der Waals surface area contributed by atoms with Gasteiger partial charge in [0.1, 0.15) is 0 Å². The fourth-order valence-corrected chi connectivity index (χ4v) is 5.22. The molecule has 1 atom stereocenters. The lowest BCUT2D eigenvalue weighted by atomic mass is 9.99. The van der Waals surface area contributed by atoms with E-state index in [9.17, 15) is 9.59 Å². The van der Waals surface area contributed by atoms with Gasteiger partial charge < -0.3 is 10.1 Å². The number of ether oxygens (including phenoxy) is 1. The second-order valence-corrected chi connectivity index (χ2v) is 10.1. The van der Waals surface area contributed by atoms with E-state index in [4.69, 9.17) is 9.84 Å². The van der Waals surface area contributed by atoms with Gasteiger partial charge in [-0.25, -0.2) is 4.79 Å². The Labute approximate surface area is 238 Å². The van der Waals surface area contributed by atoms with Gasteiger partial charge in [0.25, 0.3) is 5.91 Å². The molecule has 0 spiro atoms. The standard InChI is InChI=1S/C35H29N3O3/c1-23(25-14-16-28(17-15-25)35(40)41-2)37-34(39)32-20-30(26-8-4-3-5-9-26)19-31-21-36-38(33(31)32)22-24-12-13-27-10-6-7-11-29(27)18-24/h3-21,23H,22H2,1-2H3,(H,37,39)/t23-/m0/s1. The second-order valence-electron chi connectivity index (χ2n) is 10.1. The van der Waals surface area contributed by atoms with E-state index in [2.05, 4.69) is 41.7 Å². The molecule has 6 rings (SSSR count). The first-order chi connectivity index (χ1) is 20.0. The Balaban J connectivity index is 1.37. The lowest BCUT2D eigenvalue weighted by Crippen LogP contribution is -2.27. The number of hydrogen-bond donors (Lipinski definition) is 1. The van der Waals surface area contributed by atoms with Gasteiger partial charge in [-0.2, -0.15) is 5.10 Å². The molecule has 6 nitrogen and oxygen atoms in total. The number of nitrogens with one attached hydrogen (secondary N) is 1. The molecule has 0 fully saturated rings. The number of rotatable bonds is 7. The molecule has 0 unspecified atom stereocenters. The first-order valence-electron chi connectivity index (χ1n) is 13.5. The number of aromatic nitrogens is 2. The molecule has 6 heteroatoms. The summed E-state index contributed by atoms with van der Waals surface area (Å²) in [6.45, 7) is 2.46. The highest BCUT2D eigenvalue weighted by Gasteiger charge is 2.20. The second kappa shape index (κ2) is 11.1. The fraction of sp³-hybridized carbons (Fsp3) is 0.114. The summed E-state index contributed by atoms with van der Waals surface area (Å²) in [6, 6.07) is 35.5. The van der Waals surface area contributed by atoms with Crippen LogP contribution in [0.2, 0.25) is 0 Å². The number of methoxy groups -OCH3 is 1. The average molecular weight is 540 g/mol. The van der Waals surface area contributed by atoms with Crippen LogP contribution in [0.3, 0.4) is 0 Å². The molecule has 1 amide bonds. The summed E-state index contributed by atoms with van der Waals surface area (Å²) >= 11 is 0. The van der Waals surface area contributed by atoms with Crippen molar-refractivity contribution in [2.45, 2.75) is 19.5 Å². The van der Waals surface area contributed by atoms with Gasteiger partial charge >= 0.3 is 5.97 Å². The third-order valence-electron chi connectivity index (χ3n) is 7.41. The van der Waals surface area contributed by atoms with E-state index in [1.165, 1.54) is 12.5 Å². The molecule has 0 saturated heterocycles. The quantitative estimate of drug-likeness (QED) is 0.218. The van der Waals surface area contributed by atoms with Crippen molar-refractivity contribution in [3.05, 3.63) is 138 Å². The maximum Gasteiger partial charge on any atom is 0.337 e. The highest BCUT2D eigenvalue weighted by atomic mass is 16.5. The van der Waals surface area contributed by atoms with Crippen molar-refractivity contribution in [1.82, 2.24) is 15.1 Å². The van der Waals surface area contributed by atoms with E-state index in [0.29, 0.717) is 17.7 Å². The van der Waals surface area contributed by atoms with Crippen molar-refractivity contribution >= 4 is 33.6 Å². The number of nitrogens with zero attached hydrogens (tertiary/aromatic N) is 2. The van der Waals surface area contributed by atoms with Gasteiger partial charge in [0.15, 0.2) is 0 Å². The van der Waals surface area contributed by atoms with Crippen molar-refractivity contribution < 1.29 is 14.3 Å². The number of hydrogen-bond acceptors (Lipinski definition) is 4. The first kappa shape index (κ1) is 26.0. The van der Waals surface area contributed by atoms with Crippen molar-refractivity contribution in [2.75, 3.05) is 7.11 Å². The van der Waals surface area contributed by atoms with Crippen molar-refractivity contribution in [1.29, 1.82) is 0 Å². The summed E-state index contributed by atoms with van der Waals surface area (Å²) in [4.78, 5) is 25.7. The van der Waals surface area contributed by atoms with Crippen molar-refractivity contribution in [3.63, 3.8) is 0 Å². The predicted molar refractivity (Wildman–Crippen MR) is 162 cm³/mol. The number of benzene rings is 5. The Morgan fingerprint density at radius 2 is 1.54 bits per heavy atom. The lowest BCUT2D eigenvalue weighted by molar-refractivity contribution is 0.0600. The number of fused-ring (bicyclic) bond motifs is 2. The Bertz CT molecular complexity index is 1870. The molecule has 0 aliphatic carbocycles. The topological polar surface area (TPSA) is 73.2 Å². The normalized spacial score (nSPS) is 11.9. The van der Waals surface area contributed by atoms with Crippen LogP contribution in [-0.2, 0) is 11.3 Å². The van der Waals surface area contributed by atoms with Gasteiger partial charge in [-0.15, -0.1) is 0 Å². The molecule has 1 aromatic heterocycles. The zero-order chi connectivity index (χ0) is 28.3. The summed E-state index contributed by atoms with van der Waals surface area (Å²) < 4.78 is 6.70. The molecular weight excluding hydrogens is 510 g/mol. The molecule has 0 bridgehead atoms. The molecule has 0 aliphatic rings. The minimum Gasteiger partial charge on any atom is -0.465 e. The summed E-state index contributed by atoms with van der Waals surface area (Å²) in [6.07, 6.45) is 1.83. The van der Waals surface area contributed by atoms with E-state index in [1.807, 2.05) is 78.5 Å². The minimum atomic E-state index is -0.395. The zero-order valence-corrected chi connectivity index (χ0v) is 22.9. The third-order valence-corrected chi connectivity index (χ3v) is 7.41. The van der Waals surface area contributed by atoms with Crippen LogP contribution in [0.5, 0.6) is 0 Å². The SMILES string of the molecule is COC(=O)c1ccc([C@H](C)NC(=O)c2cc(-c3ccccc3)cc3cnn(Cc4ccc5ccccc5c4)c23)cc1. The van der Waals surface area contributed by atoms with Gasteiger partial charge in [-0.3, -0.25) is 9.48 Å². The molecule has 0 saturated carbocycles. The molecule has 0 radical (unpaired) electrons. The summed E-state index contributed by atoms with van der Waals surface area (Å²) in [5, 5.41) is 11.1. The van der Waals surface area contributed by atoms with Crippen LogP contribution in [-0.4, -0.2) is 28.8 Å². The molecule has 0 aliphatic heterocycles. The van der Waals surface area contributed by atoms with E-state index in [1.54, 1.807) is 12.1 Å². The number of esters is 1. The molecule has 41 heavy (non-hydrogen) atoms. The van der Waals surface area contributed by atoms with Crippen LogP contribution >= 0.6 is 0 Å². The molecule has 6 aromatic rings. The Morgan fingerprint density at radius 3 is 2.29 bits per heavy atom. The maximum absolute atomic E-state index is 13.9. The minimum absolute atomic E-state index is 0.197. The Kier molecular flexibility index (Phi) is 7.04. The van der Waals surface area contributed by atoms with Crippen molar-refractivity contribution in [3.8, 4) is 11.1 Å². The maximum atomic E-state index is 13.9. The highest BCUT2D eigenvalue weighted by molar-refractivity contribution is 6.07. The molecular formula is C35H29N3O3. The van der Waals surface area contributed by atoms with Crippen LogP contribution in [0.15, 0.2) is 115 Å². The van der Waals surface area contributed by atoms with Crippen LogP contribution in [0, 0.1) is 0 Å². The van der Waals surface area contributed by atoms with Crippen LogP contribution in [0.4, 0.5) is 0 Å². The molecule has 1 heterocycles. The largest absolute Gasteiger partial charge is 0.465 e. The summed E-state index contributed by atoms with van der Waals surface area (Å²) in [5.74, 6) is -0.592. The van der Waals surface area contributed by atoms with Gasteiger partial charge in [0.2, 0.25) is 0 Å². The highest BCUT2D eigenvalue weighted by Crippen LogP contribution is 2.29. The molecule has 1 N–H and O–H groups in total. The van der Waals surface area contributed by atoms with E-state index >= 15 is 0 Å². The van der Waals surface area contributed by atoms with Gasteiger partial charge in [0.05, 0.1) is 42.5 Å². The molecule has 5 aromatic carbocycles. The van der Waals surface area contributed by atoms with E-state index in [0.717, 1.165) is 38.5 Å². The number of carbonyl (C=O) groups excluding carboxylic acids is 2. The number of amides is 1. The Morgan fingerprint density at radius 1 is 0.805 bits per heavy atom. The van der Waals surface area contributed by atoms with E-state index in [-0.39, 0.29) is 11.9 Å². The summed E-state index contributed by atoms with van der Waals surface area (Å²) in [5.41, 5.74) is 5.75. The smallest absolute Gasteiger partial charge is 0.337 e. The van der Waals surface area contributed by atoms with Crippen LogP contribution in [0.25, 0.3) is 32.8 Å². The molecule has 202 valence electrons. The zero-order valence-electron chi connectivity index (χ0n) is 22.9. The van der Waals surface area contributed by atoms with Gasteiger partial charge in [-0.1, -0.05) is 78.9 Å². The van der Waals surface area contributed by atoms with Crippen LogP contribution in [0.1, 0.15) is 44.8 Å². The number of carbonyl (C=O) groups is 2. The fourth-order valence-electron chi connectivity index (χ4n) is 5.22. The van der Waals surface area contributed by atoms with Crippen molar-refractivity contribution in [2.24, 2.45) is 0 Å². The first-order valence-corrected chi connectivity index (χ1v) is 13.5. The summed E-state index contributed by atoms with van der Waals surface area (Å²) in [7, 11) is 1.36. The Hall–Kier alpha value is -5.23. The van der Waals surface area contributed by atoms with Gasteiger partial charge in [-0.05, 0) is 70.3 Å². The predicted octanol–water partition coefficient (Wildman–Crippen LogP) is 7.18.